The maximum absolute atomic E-state index is 5.45. The van der Waals surface area contributed by atoms with Crippen molar-refractivity contribution >= 4 is 23.1 Å². The van der Waals surface area contributed by atoms with Gasteiger partial charge in [-0.15, -0.1) is 0 Å². The molecule has 8 nitrogen and oxygen atoms in total. The molecule has 0 aliphatic rings. The van der Waals surface area contributed by atoms with Crippen LogP contribution in [0.5, 0.6) is 0 Å². The lowest BCUT2D eigenvalue weighted by molar-refractivity contribution is 0.0759. The van der Waals surface area contributed by atoms with Gasteiger partial charge >= 0.3 is 0 Å². The molecule has 0 radical (unpaired) electrons. The molecule has 136 valence electrons. The summed E-state index contributed by atoms with van der Waals surface area (Å²) in [6, 6.07) is 7.96. The Morgan fingerprint density at radius 1 is 1.23 bits per heavy atom. The zero-order valence-corrected chi connectivity index (χ0v) is 14.9. The molecular weight excluding hydrogens is 332 g/mol. The third-order valence-electron chi connectivity index (χ3n) is 3.73. The Bertz CT molecular complexity index is 877. The van der Waals surface area contributed by atoms with E-state index in [9.17, 15) is 0 Å². The number of hydrogen-bond acceptors (Lipinski definition) is 7. The van der Waals surface area contributed by atoms with Crippen LogP contribution in [0.1, 0.15) is 5.56 Å². The number of fused-ring (bicyclic) bond motifs is 1. The van der Waals surface area contributed by atoms with Crippen LogP contribution in [0.4, 0.5) is 5.82 Å². The molecule has 0 saturated heterocycles. The summed E-state index contributed by atoms with van der Waals surface area (Å²) in [6.07, 6.45) is 5.11. The molecule has 1 aromatic carbocycles. The Balaban J connectivity index is 1.77. The van der Waals surface area contributed by atoms with E-state index < -0.39 is 0 Å². The Labute approximate surface area is 151 Å². The molecule has 0 amide bonds. The molecule has 3 aromatic rings. The molecule has 0 saturated carbocycles. The molecule has 0 fully saturated rings. The van der Waals surface area contributed by atoms with E-state index in [2.05, 4.69) is 25.4 Å². The van der Waals surface area contributed by atoms with Gasteiger partial charge in [-0.25, -0.2) is 14.6 Å². The predicted octanol–water partition coefficient (Wildman–Crippen LogP) is 1.94. The van der Waals surface area contributed by atoms with E-state index in [1.807, 2.05) is 24.3 Å². The van der Waals surface area contributed by atoms with Gasteiger partial charge in [-0.1, -0.05) is 12.1 Å². The second-order valence-corrected chi connectivity index (χ2v) is 5.53. The summed E-state index contributed by atoms with van der Waals surface area (Å²) in [5, 5.41) is 8.61. The number of nitrogens with zero attached hydrogens (tertiary/aromatic N) is 5. The van der Waals surface area contributed by atoms with Gasteiger partial charge in [-0.2, -0.15) is 5.10 Å². The highest BCUT2D eigenvalue weighted by Gasteiger charge is 2.11. The molecule has 0 spiro atoms. The third-order valence-corrected chi connectivity index (χ3v) is 3.73. The molecule has 8 heteroatoms. The van der Waals surface area contributed by atoms with Gasteiger partial charge in [0, 0.05) is 26.9 Å². The van der Waals surface area contributed by atoms with E-state index in [4.69, 9.17) is 9.47 Å². The average molecular weight is 354 g/mol. The van der Waals surface area contributed by atoms with Crippen molar-refractivity contribution in [1.29, 1.82) is 0 Å². The highest BCUT2D eigenvalue weighted by molar-refractivity contribution is 5.87. The Hall–Kier alpha value is -2.84. The highest BCUT2D eigenvalue weighted by atomic mass is 16.5. The number of ether oxygens (including phenoxy) is 2. The van der Waals surface area contributed by atoms with Crippen LogP contribution in [0.15, 0.2) is 41.8 Å². The fraction of sp³-hybridized carbons (Fsp3) is 0.333. The Kier molecular flexibility index (Phi) is 6.24. The van der Waals surface area contributed by atoms with E-state index in [1.165, 1.54) is 6.33 Å². The molecule has 3 rings (SSSR count). The van der Waals surface area contributed by atoms with Crippen molar-refractivity contribution in [2.24, 2.45) is 4.99 Å². The first kappa shape index (κ1) is 18.0. The van der Waals surface area contributed by atoms with Crippen molar-refractivity contribution < 1.29 is 9.47 Å². The van der Waals surface area contributed by atoms with E-state index in [1.54, 1.807) is 31.3 Å². The summed E-state index contributed by atoms with van der Waals surface area (Å²) in [6.45, 7) is 2.38. The monoisotopic (exact) mass is 354 g/mol. The first-order chi connectivity index (χ1) is 12.8. The maximum atomic E-state index is 5.45. The van der Waals surface area contributed by atoms with Gasteiger partial charge in [-0.3, -0.25) is 4.99 Å². The SMILES string of the molecule is CN=Cc1cccc(-n2ncc3c(NCCOCCOC)ncnc32)c1. The largest absolute Gasteiger partial charge is 0.382 e. The van der Waals surface area contributed by atoms with Crippen LogP contribution in [0.2, 0.25) is 0 Å². The summed E-state index contributed by atoms with van der Waals surface area (Å²) in [7, 11) is 3.40. The van der Waals surface area contributed by atoms with Crippen LogP contribution in [0.25, 0.3) is 16.7 Å². The van der Waals surface area contributed by atoms with Gasteiger partial charge in [0.25, 0.3) is 0 Å². The second-order valence-electron chi connectivity index (χ2n) is 5.53. The fourth-order valence-electron chi connectivity index (χ4n) is 2.55. The zero-order chi connectivity index (χ0) is 18.2. The van der Waals surface area contributed by atoms with E-state index in [0.717, 1.165) is 28.1 Å². The molecule has 0 unspecified atom stereocenters. The number of nitrogens with one attached hydrogen (secondary N) is 1. The van der Waals surface area contributed by atoms with Gasteiger partial charge in [0.15, 0.2) is 5.65 Å². The first-order valence-electron chi connectivity index (χ1n) is 8.35. The lowest BCUT2D eigenvalue weighted by Gasteiger charge is -2.08. The number of benzene rings is 1. The number of rotatable bonds is 9. The summed E-state index contributed by atoms with van der Waals surface area (Å²) in [4.78, 5) is 12.8. The van der Waals surface area contributed by atoms with Gasteiger partial charge in [0.2, 0.25) is 0 Å². The summed E-state index contributed by atoms with van der Waals surface area (Å²) in [5.41, 5.74) is 2.67. The molecule has 26 heavy (non-hydrogen) atoms. The number of hydrogen-bond donors (Lipinski definition) is 1. The van der Waals surface area contributed by atoms with Crippen LogP contribution < -0.4 is 5.32 Å². The molecule has 0 atom stereocenters. The van der Waals surface area contributed by atoms with Crippen molar-refractivity contribution in [2.75, 3.05) is 45.8 Å². The average Bonchev–Trinajstić information content (AvgIpc) is 3.10. The van der Waals surface area contributed by atoms with Crippen molar-refractivity contribution in [3.8, 4) is 5.69 Å². The summed E-state index contributed by atoms with van der Waals surface area (Å²) < 4.78 is 12.2. The topological polar surface area (TPSA) is 86.5 Å². The number of aliphatic imine (C=N–C) groups is 1. The quantitative estimate of drug-likeness (QED) is 0.467. The van der Waals surface area contributed by atoms with Crippen molar-refractivity contribution in [3.63, 3.8) is 0 Å². The molecule has 2 aromatic heterocycles. The summed E-state index contributed by atoms with van der Waals surface area (Å²) in [5.74, 6) is 0.739. The lowest BCUT2D eigenvalue weighted by atomic mass is 10.2. The Morgan fingerprint density at radius 3 is 3.00 bits per heavy atom. The predicted molar refractivity (Wildman–Crippen MR) is 101 cm³/mol. The van der Waals surface area contributed by atoms with E-state index in [-0.39, 0.29) is 0 Å². The number of anilines is 1. The van der Waals surface area contributed by atoms with Crippen LogP contribution in [0.3, 0.4) is 0 Å². The van der Waals surface area contributed by atoms with Crippen LogP contribution >= 0.6 is 0 Å². The van der Waals surface area contributed by atoms with Crippen LogP contribution in [-0.4, -0.2) is 66.5 Å². The van der Waals surface area contributed by atoms with Crippen molar-refractivity contribution in [2.45, 2.75) is 0 Å². The zero-order valence-electron chi connectivity index (χ0n) is 14.9. The molecule has 0 bridgehead atoms. The van der Waals surface area contributed by atoms with Crippen LogP contribution in [0, 0.1) is 0 Å². The van der Waals surface area contributed by atoms with Gasteiger partial charge in [-0.05, 0) is 17.7 Å². The highest BCUT2D eigenvalue weighted by Crippen LogP contribution is 2.21. The Morgan fingerprint density at radius 2 is 2.15 bits per heavy atom. The lowest BCUT2D eigenvalue weighted by Crippen LogP contribution is -2.13. The van der Waals surface area contributed by atoms with E-state index >= 15 is 0 Å². The normalized spacial score (nSPS) is 11.5. The molecule has 1 N–H and O–H groups in total. The van der Waals surface area contributed by atoms with E-state index in [0.29, 0.717) is 26.4 Å². The number of aromatic nitrogens is 4. The minimum Gasteiger partial charge on any atom is -0.382 e. The second kappa shape index (κ2) is 9.02. The van der Waals surface area contributed by atoms with Crippen LogP contribution in [-0.2, 0) is 9.47 Å². The maximum Gasteiger partial charge on any atom is 0.168 e. The van der Waals surface area contributed by atoms with Gasteiger partial charge < -0.3 is 14.8 Å². The number of methoxy groups -OCH3 is 1. The molecule has 2 heterocycles. The van der Waals surface area contributed by atoms with Gasteiger partial charge in [0.05, 0.1) is 37.1 Å². The van der Waals surface area contributed by atoms with Crippen molar-refractivity contribution in [1.82, 2.24) is 19.7 Å². The molecule has 0 aliphatic heterocycles. The van der Waals surface area contributed by atoms with Crippen molar-refractivity contribution in [3.05, 3.63) is 42.4 Å². The first-order valence-corrected chi connectivity index (χ1v) is 8.35. The summed E-state index contributed by atoms with van der Waals surface area (Å²) >= 11 is 0. The molecule has 0 aliphatic carbocycles. The fourth-order valence-corrected chi connectivity index (χ4v) is 2.55. The molecular formula is C18H22N6O2. The van der Waals surface area contributed by atoms with Gasteiger partial charge in [0.1, 0.15) is 12.1 Å². The third kappa shape index (κ3) is 4.22. The standard InChI is InChI=1S/C18H22N6O2/c1-19-11-14-4-3-5-15(10-14)24-18-16(12-23-24)17(21-13-22-18)20-6-7-26-9-8-25-2/h3-5,10-13H,6-9H2,1-2H3,(H,20,21,22). The smallest absolute Gasteiger partial charge is 0.168 e. The minimum atomic E-state index is 0.571. The minimum absolute atomic E-state index is 0.571.